The Bertz CT molecular complexity index is 706. The van der Waals surface area contributed by atoms with E-state index in [1.54, 1.807) is 18.2 Å². The minimum atomic E-state index is -0.336. The van der Waals surface area contributed by atoms with Crippen LogP contribution in [0.15, 0.2) is 36.5 Å². The van der Waals surface area contributed by atoms with Crippen molar-refractivity contribution in [1.29, 1.82) is 0 Å². The summed E-state index contributed by atoms with van der Waals surface area (Å²) in [7, 11) is 0. The first-order valence-corrected chi connectivity index (χ1v) is 7.48. The Morgan fingerprint density at radius 1 is 1.36 bits per heavy atom. The number of carbonyl (C=O) groups excluding carboxylic acids is 1. The van der Waals surface area contributed by atoms with Crippen molar-refractivity contribution in [1.82, 2.24) is 15.1 Å². The highest BCUT2D eigenvalue weighted by Crippen LogP contribution is 2.17. The first-order chi connectivity index (χ1) is 10.7. The minimum Gasteiger partial charge on any atom is -0.348 e. The molecule has 4 nitrogen and oxygen atoms in total. The molecule has 0 unspecified atom stereocenters. The maximum atomic E-state index is 13.4. The summed E-state index contributed by atoms with van der Waals surface area (Å²) in [5.74, 6) is -0.573. The average molecular weight is 299 g/mol. The zero-order valence-electron chi connectivity index (χ0n) is 12.3. The van der Waals surface area contributed by atoms with E-state index in [0.29, 0.717) is 12.1 Å². The number of aromatic nitrogens is 2. The lowest BCUT2D eigenvalue weighted by Crippen LogP contribution is -2.21. The van der Waals surface area contributed by atoms with Crippen molar-refractivity contribution in [3.63, 3.8) is 0 Å². The molecule has 0 aliphatic carbocycles. The normalized spacial score (nSPS) is 14.0. The van der Waals surface area contributed by atoms with E-state index in [4.69, 9.17) is 0 Å². The number of amides is 1. The molecule has 3 rings (SSSR count). The molecule has 0 fully saturated rings. The van der Waals surface area contributed by atoms with Crippen molar-refractivity contribution in [2.45, 2.75) is 32.4 Å². The van der Waals surface area contributed by atoms with Gasteiger partial charge in [0.15, 0.2) is 0 Å². The van der Waals surface area contributed by atoms with Crippen LogP contribution >= 0.6 is 0 Å². The smallest absolute Gasteiger partial charge is 0.244 e. The summed E-state index contributed by atoms with van der Waals surface area (Å²) < 4.78 is 15.5. The Morgan fingerprint density at radius 3 is 3.09 bits per heavy atom. The van der Waals surface area contributed by atoms with Crippen LogP contribution in [0.3, 0.4) is 0 Å². The lowest BCUT2D eigenvalue weighted by molar-refractivity contribution is -0.116. The van der Waals surface area contributed by atoms with Gasteiger partial charge in [-0.2, -0.15) is 5.10 Å². The second-order valence-corrected chi connectivity index (χ2v) is 5.37. The van der Waals surface area contributed by atoms with Crippen molar-refractivity contribution < 1.29 is 9.18 Å². The quantitative estimate of drug-likeness (QED) is 0.882. The SMILES string of the molecule is O=C(/C=C/c1ccccc1F)NCc1cnn2c1CCCC2. The molecular formula is C17H18FN3O. The number of nitrogens with one attached hydrogen (secondary N) is 1. The van der Waals surface area contributed by atoms with Gasteiger partial charge in [0.2, 0.25) is 5.91 Å². The third kappa shape index (κ3) is 3.24. The molecule has 0 saturated carbocycles. The van der Waals surface area contributed by atoms with Gasteiger partial charge in [-0.25, -0.2) is 4.39 Å². The van der Waals surface area contributed by atoms with Crippen molar-refractivity contribution in [3.8, 4) is 0 Å². The number of carbonyl (C=O) groups is 1. The summed E-state index contributed by atoms with van der Waals surface area (Å²) >= 11 is 0. The van der Waals surface area contributed by atoms with Gasteiger partial charge in [0, 0.05) is 36.0 Å². The third-order valence-electron chi connectivity index (χ3n) is 3.84. The molecule has 1 aliphatic rings. The van der Waals surface area contributed by atoms with E-state index in [-0.39, 0.29) is 11.7 Å². The number of nitrogens with zero attached hydrogens (tertiary/aromatic N) is 2. The molecule has 0 radical (unpaired) electrons. The summed E-state index contributed by atoms with van der Waals surface area (Å²) in [5, 5.41) is 7.16. The van der Waals surface area contributed by atoms with Crippen LogP contribution in [-0.4, -0.2) is 15.7 Å². The lowest BCUT2D eigenvalue weighted by Gasteiger charge is -2.14. The average Bonchev–Trinajstić information content (AvgIpc) is 2.95. The van der Waals surface area contributed by atoms with Gasteiger partial charge >= 0.3 is 0 Å². The summed E-state index contributed by atoms with van der Waals surface area (Å²) in [6.45, 7) is 1.41. The van der Waals surface area contributed by atoms with Crippen LogP contribution in [0.4, 0.5) is 4.39 Å². The van der Waals surface area contributed by atoms with Crippen LogP contribution < -0.4 is 5.32 Å². The van der Waals surface area contributed by atoms with Gasteiger partial charge in [-0.05, 0) is 31.4 Å². The summed E-state index contributed by atoms with van der Waals surface area (Å²) in [5.41, 5.74) is 2.68. The maximum absolute atomic E-state index is 13.4. The minimum absolute atomic E-state index is 0.237. The Hall–Kier alpha value is -2.43. The first-order valence-electron chi connectivity index (χ1n) is 7.48. The van der Waals surface area contributed by atoms with E-state index < -0.39 is 0 Å². The third-order valence-corrected chi connectivity index (χ3v) is 3.84. The predicted octanol–water partition coefficient (Wildman–Crippen LogP) is 2.69. The van der Waals surface area contributed by atoms with Crippen molar-refractivity contribution >= 4 is 12.0 Å². The molecule has 2 aromatic rings. The number of benzene rings is 1. The van der Waals surface area contributed by atoms with Gasteiger partial charge in [0.25, 0.3) is 0 Å². The molecule has 1 aromatic heterocycles. The highest BCUT2D eigenvalue weighted by atomic mass is 19.1. The maximum Gasteiger partial charge on any atom is 0.244 e. The van der Waals surface area contributed by atoms with Crippen LogP contribution in [0.25, 0.3) is 6.08 Å². The monoisotopic (exact) mass is 299 g/mol. The number of rotatable bonds is 4. The number of halogens is 1. The number of hydrogen-bond donors (Lipinski definition) is 1. The molecule has 1 N–H and O–H groups in total. The molecule has 0 bridgehead atoms. The molecular weight excluding hydrogens is 281 g/mol. The van der Waals surface area contributed by atoms with E-state index in [1.807, 2.05) is 10.9 Å². The van der Waals surface area contributed by atoms with E-state index >= 15 is 0 Å². The molecule has 0 spiro atoms. The molecule has 22 heavy (non-hydrogen) atoms. The summed E-state index contributed by atoms with van der Waals surface area (Å²) in [6, 6.07) is 6.36. The van der Waals surface area contributed by atoms with Gasteiger partial charge in [-0.15, -0.1) is 0 Å². The standard InChI is InChI=1S/C17H18FN3O/c18-15-6-2-1-5-13(15)8-9-17(22)19-11-14-12-20-21-10-4-3-7-16(14)21/h1-2,5-6,8-9,12H,3-4,7,10-11H2,(H,19,22)/b9-8+. The molecule has 2 heterocycles. The fourth-order valence-electron chi connectivity index (χ4n) is 2.65. The number of fused-ring (bicyclic) bond motifs is 1. The van der Waals surface area contributed by atoms with Crippen molar-refractivity contribution in [3.05, 3.63) is 59.2 Å². The van der Waals surface area contributed by atoms with Crippen molar-refractivity contribution in [2.75, 3.05) is 0 Å². The van der Waals surface area contributed by atoms with Crippen LogP contribution in [0.1, 0.15) is 29.7 Å². The Labute approximate surface area is 128 Å². The zero-order chi connectivity index (χ0) is 15.4. The summed E-state index contributed by atoms with van der Waals surface area (Å²) in [6.07, 6.45) is 8.00. The van der Waals surface area contributed by atoms with Gasteiger partial charge in [0.05, 0.1) is 6.20 Å². The second-order valence-electron chi connectivity index (χ2n) is 5.37. The Balaban J connectivity index is 1.59. The van der Waals surface area contributed by atoms with Crippen molar-refractivity contribution in [2.24, 2.45) is 0 Å². The molecule has 1 aliphatic heterocycles. The van der Waals surface area contributed by atoms with Gasteiger partial charge in [0.1, 0.15) is 5.82 Å². The Morgan fingerprint density at radius 2 is 2.23 bits per heavy atom. The van der Waals surface area contributed by atoms with E-state index in [0.717, 1.165) is 24.9 Å². The lowest BCUT2D eigenvalue weighted by atomic mass is 10.1. The highest BCUT2D eigenvalue weighted by molar-refractivity contribution is 5.91. The van der Waals surface area contributed by atoms with E-state index in [2.05, 4.69) is 10.4 Å². The fraction of sp³-hybridized carbons (Fsp3) is 0.294. The summed E-state index contributed by atoms with van der Waals surface area (Å²) in [4.78, 5) is 11.8. The van der Waals surface area contributed by atoms with Crippen LogP contribution in [0.5, 0.6) is 0 Å². The number of aryl methyl sites for hydroxylation is 1. The topological polar surface area (TPSA) is 46.9 Å². The number of hydrogen-bond acceptors (Lipinski definition) is 2. The largest absolute Gasteiger partial charge is 0.348 e. The van der Waals surface area contributed by atoms with Gasteiger partial charge in [-0.3, -0.25) is 9.48 Å². The van der Waals surface area contributed by atoms with E-state index in [9.17, 15) is 9.18 Å². The fourth-order valence-corrected chi connectivity index (χ4v) is 2.65. The zero-order valence-corrected chi connectivity index (χ0v) is 12.3. The molecule has 0 atom stereocenters. The first kappa shape index (κ1) is 14.5. The molecule has 114 valence electrons. The van der Waals surface area contributed by atoms with Gasteiger partial charge < -0.3 is 5.32 Å². The molecule has 0 saturated heterocycles. The van der Waals surface area contributed by atoms with Gasteiger partial charge in [-0.1, -0.05) is 18.2 Å². The Kier molecular flexibility index (Phi) is 4.32. The second kappa shape index (κ2) is 6.56. The molecule has 1 aromatic carbocycles. The highest BCUT2D eigenvalue weighted by Gasteiger charge is 2.14. The van der Waals surface area contributed by atoms with Crippen LogP contribution in [-0.2, 0) is 24.3 Å². The predicted molar refractivity (Wildman–Crippen MR) is 82.4 cm³/mol. The molecule has 1 amide bonds. The van der Waals surface area contributed by atoms with Crippen LogP contribution in [0, 0.1) is 5.82 Å². The van der Waals surface area contributed by atoms with Crippen LogP contribution in [0.2, 0.25) is 0 Å². The van der Waals surface area contributed by atoms with E-state index in [1.165, 1.54) is 30.3 Å². The molecule has 5 heteroatoms.